The third-order valence-corrected chi connectivity index (χ3v) is 6.50. The average molecular weight is 495 g/mol. The van der Waals surface area contributed by atoms with Gasteiger partial charge in [-0.2, -0.15) is 0 Å². The molecule has 3 aromatic carbocycles. The van der Waals surface area contributed by atoms with Gasteiger partial charge in [-0.1, -0.05) is 84.4 Å². The number of halogens is 1. The molecule has 1 unspecified atom stereocenters. The number of rotatable bonds is 11. The third kappa shape index (κ3) is 8.23. The van der Waals surface area contributed by atoms with Gasteiger partial charge in [0, 0.05) is 29.8 Å². The lowest BCUT2D eigenvalue weighted by Gasteiger charge is -2.32. The molecule has 0 aliphatic carbocycles. The van der Waals surface area contributed by atoms with Crippen LogP contribution in [0.5, 0.6) is 0 Å². The normalized spacial score (nSPS) is 11.8. The molecule has 3 rings (SSSR count). The number of nitrogens with one attached hydrogen (secondary N) is 1. The zero-order valence-electron chi connectivity index (χ0n) is 19.6. The summed E-state index contributed by atoms with van der Waals surface area (Å²) in [6, 6.07) is 26.7. The summed E-state index contributed by atoms with van der Waals surface area (Å²) >= 11 is 7.62. The predicted molar refractivity (Wildman–Crippen MR) is 142 cm³/mol. The van der Waals surface area contributed by atoms with Crippen molar-refractivity contribution in [3.8, 4) is 0 Å². The molecule has 0 aliphatic rings. The Hall–Kier alpha value is -2.76. The van der Waals surface area contributed by atoms with Gasteiger partial charge in [0.1, 0.15) is 6.04 Å². The fraction of sp³-hybridized carbons (Fsp3) is 0.286. The monoisotopic (exact) mass is 494 g/mol. The van der Waals surface area contributed by atoms with Crippen LogP contribution in [-0.4, -0.2) is 34.6 Å². The Balaban J connectivity index is 1.82. The first kappa shape index (κ1) is 25.9. The minimum Gasteiger partial charge on any atom is -0.352 e. The summed E-state index contributed by atoms with van der Waals surface area (Å²) in [5, 5.41) is 3.70. The Bertz CT molecular complexity index is 1060. The Morgan fingerprint density at radius 1 is 0.882 bits per heavy atom. The highest BCUT2D eigenvalue weighted by molar-refractivity contribution is 7.99. The van der Waals surface area contributed by atoms with Crippen molar-refractivity contribution in [2.75, 3.05) is 5.75 Å². The molecular formula is C28H31ClN2O2S. The number of nitrogens with zero attached hydrogens (tertiary/aromatic N) is 1. The van der Waals surface area contributed by atoms with Gasteiger partial charge in [0.15, 0.2) is 0 Å². The summed E-state index contributed by atoms with van der Waals surface area (Å²) in [6.45, 7) is 4.24. The van der Waals surface area contributed by atoms with Crippen molar-refractivity contribution >= 4 is 35.2 Å². The van der Waals surface area contributed by atoms with Gasteiger partial charge in [-0.15, -0.1) is 11.8 Å². The molecule has 1 atom stereocenters. The molecule has 0 bridgehead atoms. The smallest absolute Gasteiger partial charge is 0.243 e. The van der Waals surface area contributed by atoms with Crippen LogP contribution in [0.1, 0.15) is 30.5 Å². The fourth-order valence-electron chi connectivity index (χ4n) is 3.68. The fourth-order valence-corrected chi connectivity index (χ4v) is 4.75. The van der Waals surface area contributed by atoms with Gasteiger partial charge in [0.25, 0.3) is 0 Å². The summed E-state index contributed by atoms with van der Waals surface area (Å²) in [5.74, 6) is 0.755. The molecule has 34 heavy (non-hydrogen) atoms. The first-order valence-corrected chi connectivity index (χ1v) is 13.0. The maximum Gasteiger partial charge on any atom is 0.243 e. The maximum atomic E-state index is 13.5. The van der Waals surface area contributed by atoms with E-state index in [1.807, 2.05) is 98.8 Å². The topological polar surface area (TPSA) is 49.4 Å². The molecule has 0 spiro atoms. The number of hydrogen-bond donors (Lipinski definition) is 1. The molecule has 178 valence electrons. The van der Waals surface area contributed by atoms with Crippen molar-refractivity contribution in [2.45, 2.75) is 44.6 Å². The van der Waals surface area contributed by atoms with E-state index in [2.05, 4.69) is 5.32 Å². The van der Waals surface area contributed by atoms with Crippen LogP contribution in [0, 0.1) is 0 Å². The number of amides is 2. The van der Waals surface area contributed by atoms with Crippen molar-refractivity contribution in [1.82, 2.24) is 10.2 Å². The lowest BCUT2D eigenvalue weighted by molar-refractivity contribution is -0.139. The molecular weight excluding hydrogens is 464 g/mol. The Morgan fingerprint density at radius 2 is 1.50 bits per heavy atom. The molecule has 0 heterocycles. The van der Waals surface area contributed by atoms with Gasteiger partial charge in [0.05, 0.1) is 5.75 Å². The highest BCUT2D eigenvalue weighted by Gasteiger charge is 2.30. The van der Waals surface area contributed by atoms with Gasteiger partial charge < -0.3 is 10.2 Å². The number of hydrogen-bond acceptors (Lipinski definition) is 3. The molecule has 4 nitrogen and oxygen atoms in total. The second kappa shape index (κ2) is 13.2. The van der Waals surface area contributed by atoms with Crippen molar-refractivity contribution in [3.63, 3.8) is 0 Å². The van der Waals surface area contributed by atoms with E-state index >= 15 is 0 Å². The number of carbonyl (C=O) groups excluding carboxylic acids is 2. The molecule has 2 amide bonds. The summed E-state index contributed by atoms with van der Waals surface area (Å²) in [5.41, 5.74) is 3.08. The Labute approximate surface area is 211 Å². The Kier molecular flexibility index (Phi) is 10.0. The highest BCUT2D eigenvalue weighted by Crippen LogP contribution is 2.20. The van der Waals surface area contributed by atoms with Crippen LogP contribution in [-0.2, 0) is 28.3 Å². The first-order valence-electron chi connectivity index (χ1n) is 11.4. The van der Waals surface area contributed by atoms with Crippen LogP contribution in [0.4, 0.5) is 0 Å². The zero-order chi connectivity index (χ0) is 24.3. The van der Waals surface area contributed by atoms with Gasteiger partial charge in [-0.05, 0) is 42.7 Å². The van der Waals surface area contributed by atoms with Crippen molar-refractivity contribution in [2.24, 2.45) is 0 Å². The summed E-state index contributed by atoms with van der Waals surface area (Å²) in [4.78, 5) is 28.6. The van der Waals surface area contributed by atoms with E-state index in [0.29, 0.717) is 23.7 Å². The molecule has 6 heteroatoms. The third-order valence-electron chi connectivity index (χ3n) is 5.28. The van der Waals surface area contributed by atoms with Crippen molar-refractivity contribution in [3.05, 3.63) is 107 Å². The Morgan fingerprint density at radius 3 is 2.12 bits per heavy atom. The minimum atomic E-state index is -0.607. The van der Waals surface area contributed by atoms with Crippen LogP contribution in [0.15, 0.2) is 84.9 Å². The van der Waals surface area contributed by atoms with Crippen molar-refractivity contribution < 1.29 is 9.59 Å². The molecule has 0 radical (unpaired) electrons. The van der Waals surface area contributed by atoms with Crippen LogP contribution in [0.2, 0.25) is 5.02 Å². The van der Waals surface area contributed by atoms with Crippen molar-refractivity contribution in [1.29, 1.82) is 0 Å². The molecule has 1 N–H and O–H groups in total. The van der Waals surface area contributed by atoms with Gasteiger partial charge in [-0.25, -0.2) is 0 Å². The van der Waals surface area contributed by atoms with E-state index in [4.69, 9.17) is 11.6 Å². The quantitative estimate of drug-likeness (QED) is 0.370. The summed E-state index contributed by atoms with van der Waals surface area (Å²) in [7, 11) is 0. The largest absolute Gasteiger partial charge is 0.352 e. The van der Waals surface area contributed by atoms with Gasteiger partial charge in [-0.3, -0.25) is 9.59 Å². The van der Waals surface area contributed by atoms with E-state index < -0.39 is 6.04 Å². The average Bonchev–Trinajstić information content (AvgIpc) is 2.82. The van der Waals surface area contributed by atoms with Gasteiger partial charge in [0.2, 0.25) is 11.8 Å². The molecule has 0 fully saturated rings. The zero-order valence-corrected chi connectivity index (χ0v) is 21.2. The number of thioether (sulfide) groups is 1. The van der Waals surface area contributed by atoms with E-state index in [-0.39, 0.29) is 23.6 Å². The van der Waals surface area contributed by atoms with Crippen LogP contribution in [0.3, 0.4) is 0 Å². The van der Waals surface area contributed by atoms with E-state index in [1.165, 1.54) is 11.8 Å². The highest BCUT2D eigenvalue weighted by atomic mass is 35.5. The standard InChI is InChI=1S/C28H31ClN2O2S/c1-21(2)30-28(33)26(17-22-10-5-3-6-11-22)31(18-23-12-7-4-8-13-23)27(32)20-34-19-24-14-9-15-25(29)16-24/h3-16,21,26H,17-20H2,1-2H3,(H,30,33). The minimum absolute atomic E-state index is 0.0170. The molecule has 3 aromatic rings. The SMILES string of the molecule is CC(C)NC(=O)C(Cc1ccccc1)N(Cc1ccccc1)C(=O)CSCc1cccc(Cl)c1. The maximum absolute atomic E-state index is 13.5. The lowest BCUT2D eigenvalue weighted by Crippen LogP contribution is -2.52. The van der Waals surface area contributed by atoms with Gasteiger partial charge >= 0.3 is 0 Å². The van der Waals surface area contributed by atoms with E-state index in [0.717, 1.165) is 16.7 Å². The van der Waals surface area contributed by atoms with Crippen LogP contribution < -0.4 is 5.32 Å². The predicted octanol–water partition coefficient (Wildman–Crippen LogP) is 5.74. The summed E-state index contributed by atoms with van der Waals surface area (Å²) in [6.07, 6.45) is 0.455. The second-order valence-electron chi connectivity index (χ2n) is 8.50. The molecule has 0 saturated carbocycles. The number of benzene rings is 3. The number of carbonyl (C=O) groups is 2. The van der Waals surface area contributed by atoms with E-state index in [9.17, 15) is 9.59 Å². The molecule has 0 aliphatic heterocycles. The molecule has 0 aromatic heterocycles. The summed E-state index contributed by atoms with van der Waals surface area (Å²) < 4.78 is 0. The van der Waals surface area contributed by atoms with E-state index in [1.54, 1.807) is 4.90 Å². The van der Waals surface area contributed by atoms with Crippen LogP contribution in [0.25, 0.3) is 0 Å². The lowest BCUT2D eigenvalue weighted by atomic mass is 10.0. The molecule has 0 saturated heterocycles. The first-order chi connectivity index (χ1) is 16.4. The second-order valence-corrected chi connectivity index (χ2v) is 9.92. The van der Waals surface area contributed by atoms with Crippen LogP contribution >= 0.6 is 23.4 Å².